The van der Waals surface area contributed by atoms with E-state index in [2.05, 4.69) is 5.43 Å². The first-order valence-electron chi connectivity index (χ1n) is 7.03. The zero-order valence-corrected chi connectivity index (χ0v) is 11.3. The van der Waals surface area contributed by atoms with Crippen molar-refractivity contribution in [2.45, 2.75) is 37.8 Å². The molecule has 4 nitrogen and oxygen atoms in total. The molecular formula is C15H19FN2O2. The summed E-state index contributed by atoms with van der Waals surface area (Å²) in [7, 11) is 0. The third-order valence-corrected chi connectivity index (χ3v) is 3.84. The first kappa shape index (κ1) is 13.5. The summed E-state index contributed by atoms with van der Waals surface area (Å²) in [4.78, 5) is 0. The molecule has 3 N–H and O–H groups in total. The molecule has 5 heteroatoms. The standard InChI is InChI=1S/C15H19FN2O2/c16-11-3-6-14-10(8-11)9-15(20-14)13(18-17)5-4-12-2-1-7-19-12/h3,6,8-9,12-13,18H,1-2,4-5,7,17H2. The Morgan fingerprint density at radius 1 is 1.40 bits per heavy atom. The van der Waals surface area contributed by atoms with Gasteiger partial charge in [-0.3, -0.25) is 5.84 Å². The van der Waals surface area contributed by atoms with E-state index in [1.165, 1.54) is 12.1 Å². The monoisotopic (exact) mass is 278 g/mol. The van der Waals surface area contributed by atoms with Gasteiger partial charge in [-0.15, -0.1) is 0 Å². The molecule has 20 heavy (non-hydrogen) atoms. The Morgan fingerprint density at radius 3 is 3.05 bits per heavy atom. The molecule has 1 aliphatic rings. The van der Waals surface area contributed by atoms with Gasteiger partial charge in [-0.05, 0) is 49.9 Å². The lowest BCUT2D eigenvalue weighted by molar-refractivity contribution is 0.0989. The van der Waals surface area contributed by atoms with Gasteiger partial charge in [0.05, 0.1) is 12.1 Å². The molecule has 1 saturated heterocycles. The Hall–Kier alpha value is -1.43. The van der Waals surface area contributed by atoms with Crippen LogP contribution in [0.15, 0.2) is 28.7 Å². The fourth-order valence-electron chi connectivity index (χ4n) is 2.74. The van der Waals surface area contributed by atoms with Crippen molar-refractivity contribution in [2.75, 3.05) is 6.61 Å². The summed E-state index contributed by atoms with van der Waals surface area (Å²) in [6.07, 6.45) is 4.36. The molecule has 2 heterocycles. The lowest BCUT2D eigenvalue weighted by Crippen LogP contribution is -2.28. The molecule has 0 radical (unpaired) electrons. The van der Waals surface area contributed by atoms with Crippen molar-refractivity contribution >= 4 is 11.0 Å². The Kier molecular flexibility index (Phi) is 4.00. The lowest BCUT2D eigenvalue weighted by atomic mass is 10.0. The van der Waals surface area contributed by atoms with Gasteiger partial charge in [0, 0.05) is 12.0 Å². The number of fused-ring (bicyclic) bond motifs is 1. The number of hydrogen-bond acceptors (Lipinski definition) is 4. The van der Waals surface area contributed by atoms with Crippen LogP contribution in [0.3, 0.4) is 0 Å². The minimum Gasteiger partial charge on any atom is -0.459 e. The Morgan fingerprint density at radius 2 is 2.30 bits per heavy atom. The summed E-state index contributed by atoms with van der Waals surface area (Å²) >= 11 is 0. The second-order valence-electron chi connectivity index (χ2n) is 5.26. The zero-order chi connectivity index (χ0) is 13.9. The first-order chi connectivity index (χ1) is 9.76. The quantitative estimate of drug-likeness (QED) is 0.652. The topological polar surface area (TPSA) is 60.4 Å². The molecule has 2 aromatic rings. The van der Waals surface area contributed by atoms with Gasteiger partial charge in [-0.25, -0.2) is 9.82 Å². The van der Waals surface area contributed by atoms with Crippen molar-refractivity contribution in [3.63, 3.8) is 0 Å². The van der Waals surface area contributed by atoms with Gasteiger partial charge in [-0.1, -0.05) is 0 Å². The summed E-state index contributed by atoms with van der Waals surface area (Å²) in [6, 6.07) is 6.28. The molecule has 0 saturated carbocycles. The van der Waals surface area contributed by atoms with E-state index in [1.807, 2.05) is 6.07 Å². The second-order valence-corrected chi connectivity index (χ2v) is 5.26. The number of hydrazine groups is 1. The van der Waals surface area contributed by atoms with E-state index in [-0.39, 0.29) is 11.9 Å². The molecule has 2 atom stereocenters. The van der Waals surface area contributed by atoms with E-state index in [0.717, 1.165) is 43.4 Å². The highest BCUT2D eigenvalue weighted by Gasteiger charge is 2.20. The van der Waals surface area contributed by atoms with Crippen LogP contribution in [0, 0.1) is 5.82 Å². The van der Waals surface area contributed by atoms with Crippen molar-refractivity contribution in [1.29, 1.82) is 0 Å². The molecule has 2 unspecified atom stereocenters. The Labute approximate surface area is 117 Å². The number of hydrogen-bond donors (Lipinski definition) is 2. The average molecular weight is 278 g/mol. The third kappa shape index (κ3) is 2.85. The van der Waals surface area contributed by atoms with Crippen LogP contribution in [-0.4, -0.2) is 12.7 Å². The Bertz CT molecular complexity index is 578. The molecule has 1 aromatic carbocycles. The van der Waals surface area contributed by atoms with Crippen molar-refractivity contribution in [3.05, 3.63) is 35.8 Å². The highest BCUT2D eigenvalue weighted by molar-refractivity contribution is 5.78. The van der Waals surface area contributed by atoms with Gasteiger partial charge >= 0.3 is 0 Å². The van der Waals surface area contributed by atoms with Crippen LogP contribution in [0.4, 0.5) is 4.39 Å². The van der Waals surface area contributed by atoms with Gasteiger partial charge in [0.2, 0.25) is 0 Å². The van der Waals surface area contributed by atoms with Crippen molar-refractivity contribution in [2.24, 2.45) is 5.84 Å². The van der Waals surface area contributed by atoms with Crippen molar-refractivity contribution in [3.8, 4) is 0 Å². The molecule has 0 spiro atoms. The molecule has 1 aliphatic heterocycles. The SMILES string of the molecule is NNC(CCC1CCCO1)c1cc2cc(F)ccc2o1. The van der Waals surface area contributed by atoms with Crippen molar-refractivity contribution < 1.29 is 13.5 Å². The lowest BCUT2D eigenvalue weighted by Gasteiger charge is -2.15. The first-order valence-corrected chi connectivity index (χ1v) is 7.03. The normalized spacial score (nSPS) is 20.6. The van der Waals surface area contributed by atoms with E-state index in [9.17, 15) is 4.39 Å². The van der Waals surface area contributed by atoms with Gasteiger partial charge < -0.3 is 9.15 Å². The van der Waals surface area contributed by atoms with Crippen LogP contribution < -0.4 is 11.3 Å². The zero-order valence-electron chi connectivity index (χ0n) is 11.3. The van der Waals surface area contributed by atoms with Gasteiger partial charge in [0.1, 0.15) is 17.2 Å². The van der Waals surface area contributed by atoms with E-state index >= 15 is 0 Å². The van der Waals surface area contributed by atoms with Gasteiger partial charge in [-0.2, -0.15) is 0 Å². The maximum Gasteiger partial charge on any atom is 0.134 e. The molecule has 1 fully saturated rings. The predicted octanol–water partition coefficient (Wildman–Crippen LogP) is 3.04. The van der Waals surface area contributed by atoms with E-state index in [4.69, 9.17) is 15.0 Å². The maximum absolute atomic E-state index is 13.2. The summed E-state index contributed by atoms with van der Waals surface area (Å²) < 4.78 is 24.5. The number of ether oxygens (including phenoxy) is 1. The molecule has 0 bridgehead atoms. The van der Waals surface area contributed by atoms with Crippen LogP contribution in [0.25, 0.3) is 11.0 Å². The van der Waals surface area contributed by atoms with Crippen LogP contribution in [0.2, 0.25) is 0 Å². The smallest absolute Gasteiger partial charge is 0.134 e. The number of nitrogens with two attached hydrogens (primary N) is 1. The number of halogens is 1. The van der Waals surface area contributed by atoms with Crippen LogP contribution >= 0.6 is 0 Å². The van der Waals surface area contributed by atoms with Crippen LogP contribution in [0.1, 0.15) is 37.5 Å². The van der Waals surface area contributed by atoms with Crippen LogP contribution in [-0.2, 0) is 4.74 Å². The second kappa shape index (κ2) is 5.91. The van der Waals surface area contributed by atoms with E-state index in [1.54, 1.807) is 6.07 Å². The minimum absolute atomic E-state index is 0.0744. The predicted molar refractivity (Wildman–Crippen MR) is 74.4 cm³/mol. The summed E-state index contributed by atoms with van der Waals surface area (Å²) in [5.74, 6) is 6.10. The molecule has 3 rings (SSSR count). The summed E-state index contributed by atoms with van der Waals surface area (Å²) in [5.41, 5.74) is 3.45. The Balaban J connectivity index is 1.72. The number of benzene rings is 1. The molecule has 0 amide bonds. The maximum atomic E-state index is 13.2. The van der Waals surface area contributed by atoms with E-state index in [0.29, 0.717) is 11.7 Å². The van der Waals surface area contributed by atoms with Crippen LogP contribution in [0.5, 0.6) is 0 Å². The fourth-order valence-corrected chi connectivity index (χ4v) is 2.74. The largest absolute Gasteiger partial charge is 0.459 e. The molecule has 108 valence electrons. The average Bonchev–Trinajstić information content (AvgIpc) is 3.08. The highest BCUT2D eigenvalue weighted by atomic mass is 19.1. The minimum atomic E-state index is -0.263. The molecule has 1 aromatic heterocycles. The van der Waals surface area contributed by atoms with Gasteiger partial charge in [0.15, 0.2) is 0 Å². The van der Waals surface area contributed by atoms with E-state index < -0.39 is 0 Å². The number of furan rings is 1. The fraction of sp³-hybridized carbons (Fsp3) is 0.467. The van der Waals surface area contributed by atoms with Crippen molar-refractivity contribution in [1.82, 2.24) is 5.43 Å². The number of nitrogens with one attached hydrogen (secondary N) is 1. The van der Waals surface area contributed by atoms with Gasteiger partial charge in [0.25, 0.3) is 0 Å². The molecular weight excluding hydrogens is 259 g/mol. The third-order valence-electron chi connectivity index (χ3n) is 3.84. The summed E-state index contributed by atoms with van der Waals surface area (Å²) in [5, 5.41) is 0.761. The number of rotatable bonds is 5. The highest BCUT2D eigenvalue weighted by Crippen LogP contribution is 2.28. The summed E-state index contributed by atoms with van der Waals surface area (Å²) in [6.45, 7) is 0.856. The molecule has 0 aliphatic carbocycles.